The average Bonchev–Trinajstić information content (AvgIpc) is 3.07. The molecule has 2 atom stereocenters. The summed E-state index contributed by atoms with van der Waals surface area (Å²) in [5, 5.41) is 18.2. The Morgan fingerprint density at radius 1 is 1.37 bits per heavy atom. The molecular weight excluding hydrogens is 242 g/mol. The van der Waals surface area contributed by atoms with Gasteiger partial charge in [-0.3, -0.25) is 0 Å². The number of hydrogen-bond acceptors (Lipinski definition) is 4. The minimum atomic E-state index is -0.285. The van der Waals surface area contributed by atoms with Crippen LogP contribution >= 0.6 is 0 Å². The lowest BCUT2D eigenvalue weighted by molar-refractivity contribution is 0.129. The van der Waals surface area contributed by atoms with Crippen molar-refractivity contribution in [3.8, 4) is 0 Å². The fraction of sp³-hybridized carbons (Fsp3) is 0.615. The Hall–Kier alpha value is -1.69. The van der Waals surface area contributed by atoms with Gasteiger partial charge in [0.2, 0.25) is 0 Å². The van der Waals surface area contributed by atoms with Crippen LogP contribution in [-0.2, 0) is 6.54 Å². The normalized spacial score (nSPS) is 23.1. The Labute approximate surface area is 112 Å². The van der Waals surface area contributed by atoms with Crippen molar-refractivity contribution in [2.24, 2.45) is 0 Å². The molecule has 1 N–H and O–H groups in total. The van der Waals surface area contributed by atoms with Crippen LogP contribution in [0.5, 0.6) is 0 Å². The number of aliphatic hydroxyl groups is 1. The van der Waals surface area contributed by atoms with E-state index in [9.17, 15) is 5.11 Å². The van der Waals surface area contributed by atoms with E-state index in [4.69, 9.17) is 0 Å². The summed E-state index contributed by atoms with van der Waals surface area (Å²) in [6, 6.07) is 0.0897. The second kappa shape index (κ2) is 4.77. The van der Waals surface area contributed by atoms with Gasteiger partial charge in [0.05, 0.1) is 36.9 Å². The molecule has 19 heavy (non-hydrogen) atoms. The monoisotopic (exact) mass is 261 g/mol. The van der Waals surface area contributed by atoms with E-state index >= 15 is 0 Å². The minimum Gasteiger partial charge on any atom is -0.391 e. The van der Waals surface area contributed by atoms with Crippen LogP contribution in [0.3, 0.4) is 0 Å². The molecule has 2 aromatic rings. The predicted molar refractivity (Wildman–Crippen MR) is 69.7 cm³/mol. The molecule has 2 heterocycles. The molecule has 2 aromatic heterocycles. The average molecular weight is 261 g/mol. The van der Waals surface area contributed by atoms with Crippen molar-refractivity contribution in [3.05, 3.63) is 29.6 Å². The van der Waals surface area contributed by atoms with Gasteiger partial charge in [-0.05, 0) is 33.1 Å². The summed E-state index contributed by atoms with van der Waals surface area (Å²) in [5.41, 5.74) is 3.09. The Bertz CT molecular complexity index is 573. The van der Waals surface area contributed by atoms with E-state index in [1.807, 2.05) is 31.1 Å². The summed E-state index contributed by atoms with van der Waals surface area (Å²) in [7, 11) is 0. The zero-order chi connectivity index (χ0) is 13.4. The van der Waals surface area contributed by atoms with Gasteiger partial charge in [-0.2, -0.15) is 0 Å². The van der Waals surface area contributed by atoms with Crippen molar-refractivity contribution in [3.63, 3.8) is 0 Å². The zero-order valence-corrected chi connectivity index (χ0v) is 11.3. The molecule has 0 unspecified atom stereocenters. The number of aryl methyl sites for hydroxylation is 1. The van der Waals surface area contributed by atoms with Gasteiger partial charge in [-0.25, -0.2) is 9.67 Å². The van der Waals surface area contributed by atoms with Gasteiger partial charge in [-0.15, -0.1) is 5.10 Å². The molecule has 0 aliphatic heterocycles. The van der Waals surface area contributed by atoms with Gasteiger partial charge in [0.15, 0.2) is 0 Å². The Morgan fingerprint density at radius 2 is 2.21 bits per heavy atom. The summed E-state index contributed by atoms with van der Waals surface area (Å²) in [6.45, 7) is 4.72. The number of aliphatic hydroxyl groups excluding tert-OH is 1. The summed E-state index contributed by atoms with van der Waals surface area (Å²) >= 11 is 0. The third kappa shape index (κ3) is 2.28. The van der Waals surface area contributed by atoms with Gasteiger partial charge < -0.3 is 9.67 Å². The van der Waals surface area contributed by atoms with Crippen LogP contribution in [-0.4, -0.2) is 35.8 Å². The third-order valence-corrected chi connectivity index (χ3v) is 4.02. The molecule has 1 aliphatic carbocycles. The van der Waals surface area contributed by atoms with Crippen molar-refractivity contribution < 1.29 is 5.11 Å². The van der Waals surface area contributed by atoms with Crippen LogP contribution in [0.15, 0.2) is 12.5 Å². The van der Waals surface area contributed by atoms with Crippen molar-refractivity contribution >= 4 is 0 Å². The number of imidazole rings is 1. The summed E-state index contributed by atoms with van der Waals surface area (Å²) in [4.78, 5) is 4.28. The Kier molecular flexibility index (Phi) is 3.10. The Morgan fingerprint density at radius 3 is 2.84 bits per heavy atom. The van der Waals surface area contributed by atoms with E-state index in [0.29, 0.717) is 6.54 Å². The first-order chi connectivity index (χ1) is 9.15. The molecule has 0 aromatic carbocycles. The van der Waals surface area contributed by atoms with Crippen LogP contribution in [0.2, 0.25) is 0 Å². The van der Waals surface area contributed by atoms with E-state index in [-0.39, 0.29) is 12.1 Å². The molecule has 3 rings (SSSR count). The summed E-state index contributed by atoms with van der Waals surface area (Å²) in [6.07, 6.45) is 6.38. The first-order valence-electron chi connectivity index (χ1n) is 6.72. The molecule has 1 aliphatic rings. The number of rotatable bonds is 3. The lowest BCUT2D eigenvalue weighted by Crippen LogP contribution is -2.18. The lowest BCUT2D eigenvalue weighted by atomic mass is 10.2. The van der Waals surface area contributed by atoms with Gasteiger partial charge in [0.1, 0.15) is 5.69 Å². The quantitative estimate of drug-likeness (QED) is 0.902. The van der Waals surface area contributed by atoms with E-state index in [1.54, 1.807) is 0 Å². The highest BCUT2D eigenvalue weighted by Crippen LogP contribution is 2.29. The summed E-state index contributed by atoms with van der Waals surface area (Å²) < 4.78 is 3.88. The highest BCUT2D eigenvalue weighted by molar-refractivity contribution is 5.10. The smallest absolute Gasteiger partial charge is 0.102 e. The van der Waals surface area contributed by atoms with Crippen molar-refractivity contribution in [2.45, 2.75) is 51.8 Å². The zero-order valence-electron chi connectivity index (χ0n) is 11.3. The van der Waals surface area contributed by atoms with Gasteiger partial charge in [-0.1, -0.05) is 5.21 Å². The Balaban J connectivity index is 1.76. The molecule has 0 amide bonds. The van der Waals surface area contributed by atoms with Crippen molar-refractivity contribution in [2.75, 3.05) is 0 Å². The standard InChI is InChI=1S/C13H19N5O/c1-9-10(2)17(8-14-9)6-11-7-18(16-15-11)12-4-3-5-13(12)19/h7-8,12-13,19H,3-6H2,1-2H3/t12-,13-/m1/s1. The highest BCUT2D eigenvalue weighted by atomic mass is 16.3. The predicted octanol–water partition coefficient (Wildman–Crippen LogP) is 1.23. The van der Waals surface area contributed by atoms with Gasteiger partial charge in [0.25, 0.3) is 0 Å². The SMILES string of the molecule is Cc1ncn(Cc2cn([C@@H]3CCC[C@H]3O)nn2)c1C. The number of hydrogen-bond donors (Lipinski definition) is 1. The molecule has 6 heteroatoms. The van der Waals surface area contributed by atoms with Crippen molar-refractivity contribution in [1.82, 2.24) is 24.5 Å². The van der Waals surface area contributed by atoms with Crippen LogP contribution < -0.4 is 0 Å². The second-order valence-electron chi connectivity index (χ2n) is 5.30. The fourth-order valence-electron chi connectivity index (χ4n) is 2.66. The molecule has 1 saturated carbocycles. The van der Waals surface area contributed by atoms with Gasteiger partial charge in [0, 0.05) is 5.69 Å². The first kappa shape index (κ1) is 12.3. The second-order valence-corrected chi connectivity index (χ2v) is 5.30. The van der Waals surface area contributed by atoms with E-state index in [2.05, 4.69) is 19.9 Å². The fourth-order valence-corrected chi connectivity index (χ4v) is 2.66. The van der Waals surface area contributed by atoms with Crippen molar-refractivity contribution in [1.29, 1.82) is 0 Å². The van der Waals surface area contributed by atoms with E-state index in [0.717, 1.165) is 36.3 Å². The molecule has 0 radical (unpaired) electrons. The largest absolute Gasteiger partial charge is 0.391 e. The summed E-state index contributed by atoms with van der Waals surface area (Å²) in [5.74, 6) is 0. The highest BCUT2D eigenvalue weighted by Gasteiger charge is 2.27. The molecular formula is C13H19N5O. The third-order valence-electron chi connectivity index (χ3n) is 4.02. The maximum Gasteiger partial charge on any atom is 0.102 e. The van der Waals surface area contributed by atoms with Crippen LogP contribution in [0.1, 0.15) is 42.4 Å². The lowest BCUT2D eigenvalue weighted by Gasteiger charge is -2.13. The molecule has 1 fully saturated rings. The first-order valence-corrected chi connectivity index (χ1v) is 6.72. The number of aromatic nitrogens is 5. The maximum atomic E-state index is 9.88. The van der Waals surface area contributed by atoms with Crippen LogP contribution in [0.25, 0.3) is 0 Å². The topological polar surface area (TPSA) is 68.8 Å². The minimum absolute atomic E-state index is 0.0897. The van der Waals surface area contributed by atoms with Crippen LogP contribution in [0.4, 0.5) is 0 Å². The molecule has 0 saturated heterocycles. The van der Waals surface area contributed by atoms with E-state index < -0.39 is 0 Å². The van der Waals surface area contributed by atoms with E-state index in [1.165, 1.54) is 0 Å². The number of nitrogens with zero attached hydrogens (tertiary/aromatic N) is 5. The maximum absolute atomic E-state index is 9.88. The molecule has 6 nitrogen and oxygen atoms in total. The van der Waals surface area contributed by atoms with Crippen LogP contribution in [0, 0.1) is 13.8 Å². The molecule has 0 bridgehead atoms. The molecule has 0 spiro atoms. The molecule has 102 valence electrons. The van der Waals surface area contributed by atoms with Gasteiger partial charge >= 0.3 is 0 Å².